The normalized spacial score (nSPS) is 10.3. The van der Waals surface area contributed by atoms with Crippen molar-refractivity contribution in [1.29, 1.82) is 0 Å². The Morgan fingerprint density at radius 1 is 1.00 bits per heavy atom. The van der Waals surface area contributed by atoms with E-state index in [0.717, 1.165) is 0 Å². The van der Waals surface area contributed by atoms with Crippen LogP contribution in [0.25, 0.3) is 0 Å². The first-order valence-corrected chi connectivity index (χ1v) is 5.35. The Kier molecular flexibility index (Phi) is 4.59. The van der Waals surface area contributed by atoms with Crippen molar-refractivity contribution in [2.75, 3.05) is 0 Å². The quantitative estimate of drug-likeness (QED) is 0.639. The molecule has 0 aliphatic carbocycles. The van der Waals surface area contributed by atoms with Crippen LogP contribution in [0.1, 0.15) is 44.2 Å². The average Bonchev–Trinajstić information content (AvgIpc) is 2.16. The lowest BCUT2D eigenvalue weighted by Crippen LogP contribution is -1.88. The predicted octanol–water partition coefficient (Wildman–Crippen LogP) is 3.78. The number of rotatable bonds is 5. The third kappa shape index (κ3) is 3.63. The second-order valence-electron chi connectivity index (χ2n) is 3.60. The highest BCUT2D eigenvalue weighted by Crippen LogP contribution is 2.09. The molecule has 0 amide bonds. The van der Waals surface area contributed by atoms with Crippen molar-refractivity contribution in [3.8, 4) is 0 Å². The summed E-state index contributed by atoms with van der Waals surface area (Å²) in [6, 6.07) is 9.78. The van der Waals surface area contributed by atoms with Crippen molar-refractivity contribution >= 4 is 0 Å². The monoisotopic (exact) mass is 175 g/mol. The van der Waals surface area contributed by atoms with Gasteiger partial charge in [0.15, 0.2) is 0 Å². The smallest absolute Gasteiger partial charge is 0.0178 e. The average molecular weight is 175 g/mol. The van der Waals surface area contributed by atoms with Gasteiger partial charge in [-0.15, -0.1) is 0 Å². The number of hydrogen-bond donors (Lipinski definition) is 0. The summed E-state index contributed by atoms with van der Waals surface area (Å²) < 4.78 is 0. The number of benzene rings is 1. The van der Waals surface area contributed by atoms with E-state index < -0.39 is 0 Å². The van der Waals surface area contributed by atoms with Crippen LogP contribution in [0.3, 0.4) is 0 Å². The van der Waals surface area contributed by atoms with Crippen LogP contribution >= 0.6 is 0 Å². The van der Waals surface area contributed by atoms with Crippen molar-refractivity contribution in [2.24, 2.45) is 0 Å². The van der Waals surface area contributed by atoms with Gasteiger partial charge in [-0.1, -0.05) is 44.9 Å². The molecule has 0 spiro atoms. The van der Waals surface area contributed by atoms with E-state index in [1.54, 1.807) is 0 Å². The van der Waals surface area contributed by atoms with Gasteiger partial charge in [-0.3, -0.25) is 0 Å². The van der Waals surface area contributed by atoms with Gasteiger partial charge in [0.1, 0.15) is 0 Å². The molecule has 0 atom stereocenters. The van der Waals surface area contributed by atoms with Crippen LogP contribution < -0.4 is 0 Å². The van der Waals surface area contributed by atoms with Gasteiger partial charge in [0.05, 0.1) is 0 Å². The van der Waals surface area contributed by atoms with Gasteiger partial charge in [0.2, 0.25) is 0 Å². The van der Waals surface area contributed by atoms with Gasteiger partial charge in [-0.2, -0.15) is 0 Å². The first-order valence-electron chi connectivity index (χ1n) is 5.35. The number of hydrogen-bond acceptors (Lipinski definition) is 0. The van der Waals surface area contributed by atoms with Crippen LogP contribution in [0.5, 0.6) is 0 Å². The Bertz CT molecular complexity index is 238. The van der Waals surface area contributed by atoms with Crippen LogP contribution in [0, 0.1) is 6.07 Å². The van der Waals surface area contributed by atoms with E-state index in [-0.39, 0.29) is 0 Å². The molecule has 0 fully saturated rings. The van der Waals surface area contributed by atoms with Crippen LogP contribution in [-0.4, -0.2) is 0 Å². The SMILES string of the molecule is CCCCc1c[c]cc(CCC)c1. The highest BCUT2D eigenvalue weighted by molar-refractivity contribution is 5.22. The minimum Gasteiger partial charge on any atom is -0.0654 e. The maximum atomic E-state index is 3.22. The Hall–Kier alpha value is -0.780. The lowest BCUT2D eigenvalue weighted by Gasteiger charge is -2.02. The number of unbranched alkanes of at least 4 members (excludes halogenated alkanes) is 1. The zero-order chi connectivity index (χ0) is 9.52. The van der Waals surface area contributed by atoms with Gasteiger partial charge in [0.25, 0.3) is 0 Å². The Balaban J connectivity index is 2.56. The predicted molar refractivity (Wildman–Crippen MR) is 57.9 cm³/mol. The molecule has 0 saturated heterocycles. The molecular formula is C13H19. The maximum absolute atomic E-state index is 3.22. The Labute approximate surface area is 82.0 Å². The summed E-state index contributed by atoms with van der Waals surface area (Å²) in [5.41, 5.74) is 2.89. The van der Waals surface area contributed by atoms with Crippen LogP contribution in [-0.2, 0) is 12.8 Å². The highest BCUT2D eigenvalue weighted by atomic mass is 14.0. The molecule has 1 rings (SSSR count). The first-order chi connectivity index (χ1) is 6.36. The summed E-state index contributed by atoms with van der Waals surface area (Å²) >= 11 is 0. The fourth-order valence-corrected chi connectivity index (χ4v) is 1.54. The van der Waals surface area contributed by atoms with E-state index in [1.807, 2.05) is 0 Å². The van der Waals surface area contributed by atoms with E-state index in [4.69, 9.17) is 0 Å². The lowest BCUT2D eigenvalue weighted by atomic mass is 10.0. The Morgan fingerprint density at radius 3 is 2.31 bits per heavy atom. The molecule has 0 saturated carbocycles. The van der Waals surface area contributed by atoms with Gasteiger partial charge in [-0.25, -0.2) is 0 Å². The second-order valence-corrected chi connectivity index (χ2v) is 3.60. The van der Waals surface area contributed by atoms with Crippen molar-refractivity contribution < 1.29 is 0 Å². The van der Waals surface area contributed by atoms with E-state index in [9.17, 15) is 0 Å². The van der Waals surface area contributed by atoms with E-state index >= 15 is 0 Å². The van der Waals surface area contributed by atoms with Crippen LogP contribution in [0.2, 0.25) is 0 Å². The van der Waals surface area contributed by atoms with Crippen molar-refractivity contribution in [1.82, 2.24) is 0 Å². The molecular weight excluding hydrogens is 156 g/mol. The minimum absolute atomic E-state index is 1.19. The molecule has 13 heavy (non-hydrogen) atoms. The summed E-state index contributed by atoms with van der Waals surface area (Å²) in [5, 5.41) is 0. The zero-order valence-corrected chi connectivity index (χ0v) is 8.77. The highest BCUT2D eigenvalue weighted by Gasteiger charge is 1.94. The molecule has 0 nitrogen and oxygen atoms in total. The molecule has 0 bridgehead atoms. The van der Waals surface area contributed by atoms with Crippen LogP contribution in [0.4, 0.5) is 0 Å². The molecule has 0 aliphatic rings. The number of aryl methyl sites for hydroxylation is 2. The molecule has 1 aromatic carbocycles. The van der Waals surface area contributed by atoms with Gasteiger partial charge >= 0.3 is 0 Å². The summed E-state index contributed by atoms with van der Waals surface area (Å²) in [7, 11) is 0. The summed E-state index contributed by atoms with van der Waals surface area (Å²) in [5.74, 6) is 0. The molecule has 0 N–H and O–H groups in total. The van der Waals surface area contributed by atoms with E-state index in [1.165, 1.54) is 43.2 Å². The molecule has 0 unspecified atom stereocenters. The molecule has 0 heteroatoms. The van der Waals surface area contributed by atoms with Crippen LogP contribution in [0.15, 0.2) is 18.2 Å². The largest absolute Gasteiger partial charge is 0.0654 e. The molecule has 1 aromatic rings. The second kappa shape index (κ2) is 5.80. The molecule has 0 heterocycles. The summed E-state index contributed by atoms with van der Waals surface area (Å²) in [4.78, 5) is 0. The standard InChI is InChI=1S/C13H19/c1-3-5-8-13-10-6-9-12(11-13)7-4-2/h9-11H,3-5,7-8H2,1-2H3. The molecule has 71 valence electrons. The molecule has 1 radical (unpaired) electrons. The summed E-state index contributed by atoms with van der Waals surface area (Å²) in [6.45, 7) is 4.46. The fraction of sp³-hybridized carbons (Fsp3) is 0.538. The molecule has 0 aliphatic heterocycles. The van der Waals surface area contributed by atoms with E-state index in [0.29, 0.717) is 0 Å². The topological polar surface area (TPSA) is 0 Å². The third-order valence-corrected chi connectivity index (χ3v) is 2.27. The minimum atomic E-state index is 1.19. The fourth-order valence-electron chi connectivity index (χ4n) is 1.54. The summed E-state index contributed by atoms with van der Waals surface area (Å²) in [6.07, 6.45) is 6.20. The third-order valence-electron chi connectivity index (χ3n) is 2.27. The molecule has 0 aromatic heterocycles. The lowest BCUT2D eigenvalue weighted by molar-refractivity contribution is 0.792. The van der Waals surface area contributed by atoms with Crippen molar-refractivity contribution in [3.63, 3.8) is 0 Å². The van der Waals surface area contributed by atoms with Crippen molar-refractivity contribution in [3.05, 3.63) is 35.4 Å². The van der Waals surface area contributed by atoms with E-state index in [2.05, 4.69) is 38.1 Å². The first kappa shape index (κ1) is 10.3. The zero-order valence-electron chi connectivity index (χ0n) is 8.77. The Morgan fingerprint density at radius 2 is 1.69 bits per heavy atom. The van der Waals surface area contributed by atoms with Crippen molar-refractivity contribution in [2.45, 2.75) is 46.0 Å². The van der Waals surface area contributed by atoms with Gasteiger partial charge in [-0.05, 0) is 36.5 Å². The maximum Gasteiger partial charge on any atom is -0.0178 e. The van der Waals surface area contributed by atoms with Gasteiger partial charge in [0, 0.05) is 0 Å². The van der Waals surface area contributed by atoms with Gasteiger partial charge < -0.3 is 0 Å².